The van der Waals surface area contributed by atoms with Crippen LogP contribution in [0.4, 0.5) is 0 Å². The molecular formula is C11H18. The molecule has 0 radical (unpaired) electrons. The molecule has 0 aromatic rings. The Morgan fingerprint density at radius 2 is 2.18 bits per heavy atom. The van der Waals surface area contributed by atoms with Gasteiger partial charge < -0.3 is 0 Å². The molecule has 0 heterocycles. The topological polar surface area (TPSA) is 0 Å². The van der Waals surface area contributed by atoms with E-state index in [0.29, 0.717) is 5.41 Å². The van der Waals surface area contributed by atoms with E-state index in [1.807, 2.05) is 0 Å². The van der Waals surface area contributed by atoms with Gasteiger partial charge in [0.25, 0.3) is 0 Å². The smallest absolute Gasteiger partial charge is 0.0145 e. The van der Waals surface area contributed by atoms with E-state index >= 15 is 0 Å². The van der Waals surface area contributed by atoms with E-state index < -0.39 is 0 Å². The highest BCUT2D eigenvalue weighted by atomic mass is 14.7. The number of rotatable bonds is 2. The van der Waals surface area contributed by atoms with Gasteiger partial charge in [0.05, 0.1) is 0 Å². The second kappa shape index (κ2) is 1.91. The summed E-state index contributed by atoms with van der Waals surface area (Å²) in [7, 11) is 0. The van der Waals surface area contributed by atoms with E-state index in [4.69, 9.17) is 0 Å². The molecule has 0 heteroatoms. The van der Waals surface area contributed by atoms with Crippen LogP contribution in [0.5, 0.6) is 0 Å². The molecular weight excluding hydrogens is 132 g/mol. The Morgan fingerprint density at radius 3 is 2.55 bits per heavy atom. The zero-order valence-electron chi connectivity index (χ0n) is 7.80. The van der Waals surface area contributed by atoms with Gasteiger partial charge in [0, 0.05) is 0 Å². The van der Waals surface area contributed by atoms with Gasteiger partial charge in [-0.25, -0.2) is 0 Å². The highest BCUT2D eigenvalue weighted by Gasteiger charge is 2.71. The largest absolute Gasteiger partial charge is 0.103 e. The van der Waals surface area contributed by atoms with Crippen LogP contribution in [0.3, 0.4) is 0 Å². The summed E-state index contributed by atoms with van der Waals surface area (Å²) in [5.41, 5.74) is 0.617. The first-order valence-electron chi connectivity index (χ1n) is 4.79. The van der Waals surface area contributed by atoms with Crippen molar-refractivity contribution < 1.29 is 0 Å². The van der Waals surface area contributed by atoms with E-state index in [0.717, 1.165) is 23.7 Å². The lowest BCUT2D eigenvalue weighted by Crippen LogP contribution is -2.39. The minimum atomic E-state index is 0.617. The summed E-state index contributed by atoms with van der Waals surface area (Å²) >= 11 is 0. The molecule has 0 spiro atoms. The van der Waals surface area contributed by atoms with Crippen LogP contribution in [0.25, 0.3) is 0 Å². The Bertz CT molecular complexity index is 194. The van der Waals surface area contributed by atoms with Crippen LogP contribution in [0.2, 0.25) is 0 Å². The lowest BCUT2D eigenvalue weighted by atomic mass is 9.60. The van der Waals surface area contributed by atoms with Crippen molar-refractivity contribution >= 4 is 0 Å². The second-order valence-electron chi connectivity index (χ2n) is 4.58. The van der Waals surface area contributed by atoms with Gasteiger partial charge in [-0.15, -0.1) is 6.58 Å². The van der Waals surface area contributed by atoms with Crippen molar-refractivity contribution in [1.29, 1.82) is 0 Å². The molecule has 0 N–H and O–H groups in total. The maximum absolute atomic E-state index is 3.94. The normalized spacial score (nSPS) is 59.5. The van der Waals surface area contributed by atoms with Crippen LogP contribution >= 0.6 is 0 Å². The van der Waals surface area contributed by atoms with Gasteiger partial charge in [0.2, 0.25) is 0 Å². The van der Waals surface area contributed by atoms with Crippen LogP contribution in [0.15, 0.2) is 12.7 Å². The van der Waals surface area contributed by atoms with E-state index in [2.05, 4.69) is 33.4 Å². The summed E-state index contributed by atoms with van der Waals surface area (Å²) in [6.45, 7) is 11.1. The number of hydrogen-bond acceptors (Lipinski definition) is 0. The van der Waals surface area contributed by atoms with Crippen LogP contribution < -0.4 is 0 Å². The first-order valence-corrected chi connectivity index (χ1v) is 4.79. The molecule has 2 saturated carbocycles. The van der Waals surface area contributed by atoms with Gasteiger partial charge in [-0.1, -0.05) is 26.8 Å². The van der Waals surface area contributed by atoms with E-state index in [9.17, 15) is 0 Å². The van der Waals surface area contributed by atoms with Crippen LogP contribution in [0, 0.1) is 29.1 Å². The van der Waals surface area contributed by atoms with Crippen molar-refractivity contribution in [2.24, 2.45) is 29.1 Å². The Morgan fingerprint density at radius 1 is 1.55 bits per heavy atom. The van der Waals surface area contributed by atoms with Gasteiger partial charge >= 0.3 is 0 Å². The third kappa shape index (κ3) is 0.617. The predicted molar refractivity (Wildman–Crippen MR) is 48.2 cm³/mol. The van der Waals surface area contributed by atoms with Gasteiger partial charge in [-0.3, -0.25) is 0 Å². The summed E-state index contributed by atoms with van der Waals surface area (Å²) in [6.07, 6.45) is 3.52. The SMILES string of the molecule is C=CC1C2C(C)C2C1(C)CC. The van der Waals surface area contributed by atoms with Crippen molar-refractivity contribution in [3.05, 3.63) is 12.7 Å². The lowest BCUT2D eigenvalue weighted by Gasteiger charge is -2.44. The molecule has 5 atom stereocenters. The molecule has 0 aromatic heterocycles. The predicted octanol–water partition coefficient (Wildman–Crippen LogP) is 3.10. The minimum Gasteiger partial charge on any atom is -0.103 e. The summed E-state index contributed by atoms with van der Waals surface area (Å²) in [6, 6.07) is 0. The Kier molecular flexibility index (Phi) is 1.28. The van der Waals surface area contributed by atoms with Gasteiger partial charge in [-0.2, -0.15) is 0 Å². The Labute approximate surface area is 69.7 Å². The molecule has 0 nitrogen and oxygen atoms in total. The maximum Gasteiger partial charge on any atom is -0.0145 e. The minimum absolute atomic E-state index is 0.617. The monoisotopic (exact) mass is 150 g/mol. The standard InChI is InChI=1S/C11H18/c1-5-8-9-7(3)10(9)11(8,4)6-2/h5,7-10H,1,6H2,2-4H3. The molecule has 62 valence electrons. The summed E-state index contributed by atoms with van der Waals surface area (Å²) in [5, 5.41) is 0. The van der Waals surface area contributed by atoms with Gasteiger partial charge in [0.1, 0.15) is 0 Å². The van der Waals surface area contributed by atoms with Gasteiger partial charge in [-0.05, 0) is 35.5 Å². The molecule has 0 amide bonds. The average molecular weight is 150 g/mol. The molecule has 2 aliphatic carbocycles. The molecule has 0 aromatic carbocycles. The molecule has 0 bridgehead atoms. The molecule has 0 saturated heterocycles. The first-order chi connectivity index (χ1) is 5.16. The summed E-state index contributed by atoms with van der Waals surface area (Å²) in [4.78, 5) is 0. The second-order valence-corrected chi connectivity index (χ2v) is 4.58. The van der Waals surface area contributed by atoms with Crippen molar-refractivity contribution in [1.82, 2.24) is 0 Å². The van der Waals surface area contributed by atoms with Crippen LogP contribution in [0.1, 0.15) is 27.2 Å². The lowest BCUT2D eigenvalue weighted by molar-refractivity contribution is 0.0640. The summed E-state index contributed by atoms with van der Waals surface area (Å²) in [5.74, 6) is 3.86. The number of hydrogen-bond donors (Lipinski definition) is 0. The van der Waals surface area contributed by atoms with E-state index in [-0.39, 0.29) is 0 Å². The molecule has 5 unspecified atom stereocenters. The van der Waals surface area contributed by atoms with Crippen LogP contribution in [-0.2, 0) is 0 Å². The number of allylic oxidation sites excluding steroid dienone is 1. The van der Waals surface area contributed by atoms with Crippen molar-refractivity contribution in [3.63, 3.8) is 0 Å². The molecule has 2 rings (SSSR count). The number of fused-ring (bicyclic) bond motifs is 1. The average Bonchev–Trinajstić information content (AvgIpc) is 2.58. The molecule has 0 aliphatic heterocycles. The van der Waals surface area contributed by atoms with Crippen LogP contribution in [-0.4, -0.2) is 0 Å². The van der Waals surface area contributed by atoms with Gasteiger partial charge in [0.15, 0.2) is 0 Å². The Balaban J connectivity index is 2.18. The third-order valence-corrected chi connectivity index (χ3v) is 4.40. The maximum atomic E-state index is 3.94. The summed E-state index contributed by atoms with van der Waals surface area (Å²) < 4.78 is 0. The fourth-order valence-electron chi connectivity index (χ4n) is 3.53. The zero-order chi connectivity index (χ0) is 8.22. The molecule has 2 aliphatic rings. The van der Waals surface area contributed by atoms with E-state index in [1.54, 1.807) is 0 Å². The van der Waals surface area contributed by atoms with Crippen molar-refractivity contribution in [2.45, 2.75) is 27.2 Å². The Hall–Kier alpha value is -0.260. The third-order valence-electron chi connectivity index (χ3n) is 4.40. The quantitative estimate of drug-likeness (QED) is 0.531. The fraction of sp³-hybridized carbons (Fsp3) is 0.818. The molecule has 11 heavy (non-hydrogen) atoms. The zero-order valence-corrected chi connectivity index (χ0v) is 7.80. The van der Waals surface area contributed by atoms with E-state index in [1.165, 1.54) is 6.42 Å². The fourth-order valence-corrected chi connectivity index (χ4v) is 3.53. The first kappa shape index (κ1) is 7.39. The van der Waals surface area contributed by atoms with Crippen molar-refractivity contribution in [3.8, 4) is 0 Å². The highest BCUT2D eigenvalue weighted by molar-refractivity contribution is 5.23. The van der Waals surface area contributed by atoms with Crippen molar-refractivity contribution in [2.75, 3.05) is 0 Å². The molecule has 2 fully saturated rings. The highest BCUT2D eigenvalue weighted by Crippen LogP contribution is 2.75.